The molecule has 1 heterocycles. The highest BCUT2D eigenvalue weighted by molar-refractivity contribution is 9.10. The molecule has 0 spiro atoms. The van der Waals surface area contributed by atoms with E-state index in [9.17, 15) is 12.9 Å². The molecule has 0 N–H and O–H groups in total. The predicted molar refractivity (Wildman–Crippen MR) is 56.1 cm³/mol. The Labute approximate surface area is 93.8 Å². The zero-order valence-electron chi connectivity index (χ0n) is 7.77. The van der Waals surface area contributed by atoms with Crippen LogP contribution in [0.1, 0.15) is 11.1 Å². The highest BCUT2D eigenvalue weighted by atomic mass is 79.9. The molecule has 0 fully saturated rings. The topological polar surface area (TPSA) is 9.23 Å². The summed E-state index contributed by atoms with van der Waals surface area (Å²) in [4.78, 5) is 0. The van der Waals surface area contributed by atoms with Crippen LogP contribution in [0.15, 0.2) is 16.6 Å². The fraction of sp³-hybridized carbons (Fsp3) is 0.333. The van der Waals surface area contributed by atoms with E-state index in [1.54, 1.807) is 0 Å². The minimum Gasteiger partial charge on any atom is -0.493 e. The first-order valence-corrected chi connectivity index (χ1v) is 5.40. The van der Waals surface area contributed by atoms with Gasteiger partial charge in [-0.25, -0.2) is 0 Å². The average molecular weight is 280 g/mol. The summed E-state index contributed by atoms with van der Waals surface area (Å²) in [5.41, 5.74) is 1.10. The van der Waals surface area contributed by atoms with Crippen LogP contribution in [0.4, 0.5) is 12.9 Å². The molecule has 1 aliphatic rings. The van der Waals surface area contributed by atoms with E-state index < -0.39 is 13.3 Å². The molecule has 6 heteroatoms. The van der Waals surface area contributed by atoms with Gasteiger partial charge in [-0.2, -0.15) is 0 Å². The third kappa shape index (κ3) is 2.48. The van der Waals surface area contributed by atoms with Crippen LogP contribution in [-0.2, 0) is 12.7 Å². The maximum absolute atomic E-state index is 12.3. The molecule has 0 radical (unpaired) electrons. The van der Waals surface area contributed by atoms with Gasteiger partial charge in [0, 0.05) is 10.9 Å². The van der Waals surface area contributed by atoms with E-state index in [1.807, 2.05) is 6.07 Å². The third-order valence-electron chi connectivity index (χ3n) is 2.28. The molecule has 0 saturated carbocycles. The maximum atomic E-state index is 12.3. The molecule has 1 nitrogen and oxygen atoms in total. The zero-order chi connectivity index (χ0) is 11.1. The van der Waals surface area contributed by atoms with Crippen LogP contribution in [0.25, 0.3) is 0 Å². The largest absolute Gasteiger partial charge is 0.493 e. The summed E-state index contributed by atoms with van der Waals surface area (Å²) in [5.74, 6) is 0.428. The fourth-order valence-electron chi connectivity index (χ4n) is 1.75. The quantitative estimate of drug-likeness (QED) is 0.755. The van der Waals surface area contributed by atoms with Gasteiger partial charge in [0.2, 0.25) is 0 Å². The molecule has 0 bridgehead atoms. The van der Waals surface area contributed by atoms with Crippen molar-refractivity contribution in [3.8, 4) is 5.75 Å². The van der Waals surface area contributed by atoms with Gasteiger partial charge in [0.1, 0.15) is 5.75 Å². The SMILES string of the molecule is F[B-](F)(F)Cc1cc(Br)cc2c1OCC2. The summed E-state index contributed by atoms with van der Waals surface area (Å²) in [6, 6.07) is 3.30. The molecule has 15 heavy (non-hydrogen) atoms. The van der Waals surface area contributed by atoms with Crippen molar-refractivity contribution in [3.05, 3.63) is 27.7 Å². The number of ether oxygens (including phenoxy) is 1. The first-order valence-electron chi connectivity index (χ1n) is 4.61. The maximum Gasteiger partial charge on any atom is 0.482 e. The number of benzene rings is 1. The second-order valence-electron chi connectivity index (χ2n) is 3.57. The van der Waals surface area contributed by atoms with Crippen LogP contribution >= 0.6 is 15.9 Å². The highest BCUT2D eigenvalue weighted by Gasteiger charge is 2.27. The summed E-state index contributed by atoms with van der Waals surface area (Å²) >= 11 is 3.21. The minimum absolute atomic E-state index is 0.240. The molecule has 0 atom stereocenters. The number of hydrogen-bond acceptors (Lipinski definition) is 1. The van der Waals surface area contributed by atoms with Gasteiger partial charge in [0.15, 0.2) is 0 Å². The average Bonchev–Trinajstić information content (AvgIpc) is 2.48. The number of rotatable bonds is 2. The van der Waals surface area contributed by atoms with Crippen LogP contribution < -0.4 is 4.74 Å². The Morgan fingerprint density at radius 2 is 2.07 bits per heavy atom. The molecule has 2 rings (SSSR count). The van der Waals surface area contributed by atoms with Gasteiger partial charge in [0.25, 0.3) is 0 Å². The molecule has 1 aromatic rings. The van der Waals surface area contributed by atoms with Crippen LogP contribution in [0, 0.1) is 0 Å². The lowest BCUT2D eigenvalue weighted by Gasteiger charge is -2.16. The van der Waals surface area contributed by atoms with Crippen molar-refractivity contribution in [2.45, 2.75) is 12.7 Å². The van der Waals surface area contributed by atoms with E-state index in [4.69, 9.17) is 4.74 Å². The molecule has 0 saturated heterocycles. The highest BCUT2D eigenvalue weighted by Crippen LogP contribution is 2.35. The molecule has 1 aromatic carbocycles. The van der Waals surface area contributed by atoms with Crippen molar-refractivity contribution in [3.63, 3.8) is 0 Å². The lowest BCUT2D eigenvalue weighted by atomic mass is 9.81. The van der Waals surface area contributed by atoms with Crippen LogP contribution in [-0.4, -0.2) is 13.6 Å². The van der Waals surface area contributed by atoms with Gasteiger partial charge in [-0.1, -0.05) is 22.3 Å². The third-order valence-corrected chi connectivity index (χ3v) is 2.73. The van der Waals surface area contributed by atoms with Crippen molar-refractivity contribution >= 4 is 22.9 Å². The van der Waals surface area contributed by atoms with E-state index >= 15 is 0 Å². The molecule has 82 valence electrons. The van der Waals surface area contributed by atoms with Gasteiger partial charge in [-0.3, -0.25) is 0 Å². The second kappa shape index (κ2) is 3.74. The number of fused-ring (bicyclic) bond motifs is 1. The predicted octanol–water partition coefficient (Wildman–Crippen LogP) is 3.31. The Bertz CT molecular complexity index is 392. The Morgan fingerprint density at radius 3 is 2.73 bits per heavy atom. The summed E-state index contributed by atoms with van der Waals surface area (Å²) < 4.78 is 42.9. The van der Waals surface area contributed by atoms with E-state index in [0.717, 1.165) is 5.56 Å². The molecule has 0 aromatic heterocycles. The zero-order valence-corrected chi connectivity index (χ0v) is 9.36. The van der Waals surface area contributed by atoms with E-state index in [1.165, 1.54) is 6.07 Å². The molecule has 1 aliphatic heterocycles. The van der Waals surface area contributed by atoms with Crippen molar-refractivity contribution in [1.29, 1.82) is 0 Å². The minimum atomic E-state index is -4.81. The van der Waals surface area contributed by atoms with Gasteiger partial charge in [-0.05, 0) is 23.3 Å². The van der Waals surface area contributed by atoms with Crippen molar-refractivity contribution in [1.82, 2.24) is 0 Å². The molecular formula is C9H8BBrF3O-. The van der Waals surface area contributed by atoms with Crippen molar-refractivity contribution in [2.24, 2.45) is 0 Å². The Balaban J connectivity index is 2.39. The summed E-state index contributed by atoms with van der Waals surface area (Å²) in [5, 5.41) is 0. The number of halogens is 4. The van der Waals surface area contributed by atoms with Crippen LogP contribution in [0.5, 0.6) is 5.75 Å². The van der Waals surface area contributed by atoms with E-state index in [-0.39, 0.29) is 5.56 Å². The molecule has 0 unspecified atom stereocenters. The normalized spacial score (nSPS) is 14.9. The van der Waals surface area contributed by atoms with E-state index in [0.29, 0.717) is 23.2 Å². The molecular weight excluding hydrogens is 272 g/mol. The lowest BCUT2D eigenvalue weighted by Crippen LogP contribution is -2.19. The lowest BCUT2D eigenvalue weighted by molar-refractivity contribution is 0.352. The second-order valence-corrected chi connectivity index (χ2v) is 4.48. The summed E-state index contributed by atoms with van der Waals surface area (Å²) in [6.45, 7) is -4.33. The smallest absolute Gasteiger partial charge is 0.482 e. The Hall–Kier alpha value is -0.645. The number of hydrogen-bond donors (Lipinski definition) is 0. The van der Waals surface area contributed by atoms with Gasteiger partial charge in [0.05, 0.1) is 6.61 Å². The summed E-state index contributed by atoms with van der Waals surface area (Å²) in [6.07, 6.45) is -0.186. The van der Waals surface area contributed by atoms with Gasteiger partial charge >= 0.3 is 6.98 Å². The fourth-order valence-corrected chi connectivity index (χ4v) is 2.30. The summed E-state index contributed by atoms with van der Waals surface area (Å²) in [7, 11) is 0. The van der Waals surface area contributed by atoms with Crippen LogP contribution in [0.2, 0.25) is 0 Å². The van der Waals surface area contributed by atoms with E-state index in [2.05, 4.69) is 15.9 Å². The first kappa shape index (κ1) is 10.9. The monoisotopic (exact) mass is 279 g/mol. The first-order chi connectivity index (χ1) is 6.96. The molecule has 0 amide bonds. The van der Waals surface area contributed by atoms with Gasteiger partial charge in [-0.15, -0.1) is 0 Å². The van der Waals surface area contributed by atoms with Crippen molar-refractivity contribution in [2.75, 3.05) is 6.61 Å². The molecule has 0 aliphatic carbocycles. The van der Waals surface area contributed by atoms with Crippen molar-refractivity contribution < 1.29 is 17.7 Å². The Kier molecular flexibility index (Phi) is 2.71. The Morgan fingerprint density at radius 1 is 1.33 bits per heavy atom. The standard InChI is InChI=1S/C9H8BBrF3O/c11-8-3-6-1-2-15-9(6)7(4-8)5-10(12,13)14/h3-4H,1-2,5H2/q-1. The van der Waals surface area contributed by atoms with Gasteiger partial charge < -0.3 is 17.7 Å². The van der Waals surface area contributed by atoms with Crippen LogP contribution in [0.3, 0.4) is 0 Å².